The standard InChI is InChI=1S/C21H22N2O4S/c1-23(13-15-14-28-19-10-6-3-7-16(15)19)21(25)20(24)22-17-8-4-5-9-18(17)27-12-11-26-2/h3-10,14H,11-13H2,1-2H3,(H,22,24). The molecule has 0 aliphatic heterocycles. The van der Waals surface area contributed by atoms with Gasteiger partial charge in [0.2, 0.25) is 0 Å². The predicted molar refractivity (Wildman–Crippen MR) is 111 cm³/mol. The van der Waals surface area contributed by atoms with Crippen LogP contribution in [0.1, 0.15) is 5.56 Å². The van der Waals surface area contributed by atoms with Gasteiger partial charge in [0, 0.05) is 25.4 Å². The topological polar surface area (TPSA) is 67.9 Å². The van der Waals surface area contributed by atoms with Crippen molar-refractivity contribution in [2.24, 2.45) is 0 Å². The summed E-state index contributed by atoms with van der Waals surface area (Å²) in [6, 6.07) is 15.0. The first-order valence-corrected chi connectivity index (χ1v) is 9.70. The highest BCUT2D eigenvalue weighted by Crippen LogP contribution is 2.27. The van der Waals surface area contributed by atoms with Crippen LogP contribution in [-0.4, -0.2) is 44.1 Å². The predicted octanol–water partition coefficient (Wildman–Crippen LogP) is 3.52. The molecule has 1 aromatic heterocycles. The van der Waals surface area contributed by atoms with Crippen molar-refractivity contribution >= 4 is 38.9 Å². The van der Waals surface area contributed by atoms with E-state index in [-0.39, 0.29) is 0 Å². The number of anilines is 1. The summed E-state index contributed by atoms with van der Waals surface area (Å²) in [6.07, 6.45) is 0. The zero-order valence-corrected chi connectivity index (χ0v) is 16.6. The first-order chi connectivity index (χ1) is 13.6. The molecular weight excluding hydrogens is 376 g/mol. The van der Waals surface area contributed by atoms with E-state index in [0.29, 0.717) is 31.2 Å². The van der Waals surface area contributed by atoms with Gasteiger partial charge in [0.15, 0.2) is 0 Å². The number of rotatable bonds is 7. The fourth-order valence-electron chi connectivity index (χ4n) is 2.76. The molecule has 0 atom stereocenters. The van der Waals surface area contributed by atoms with Crippen molar-refractivity contribution in [2.45, 2.75) is 6.54 Å². The van der Waals surface area contributed by atoms with E-state index < -0.39 is 11.8 Å². The van der Waals surface area contributed by atoms with Crippen molar-refractivity contribution in [3.8, 4) is 5.75 Å². The summed E-state index contributed by atoms with van der Waals surface area (Å²) in [5.74, 6) is -0.820. The molecule has 1 heterocycles. The maximum atomic E-state index is 12.5. The van der Waals surface area contributed by atoms with E-state index >= 15 is 0 Å². The van der Waals surface area contributed by atoms with Crippen molar-refractivity contribution < 1.29 is 19.1 Å². The van der Waals surface area contributed by atoms with Crippen LogP contribution in [0, 0.1) is 0 Å². The van der Waals surface area contributed by atoms with E-state index in [1.807, 2.05) is 29.6 Å². The molecule has 1 N–H and O–H groups in total. The lowest BCUT2D eigenvalue weighted by molar-refractivity contribution is -0.142. The minimum atomic E-state index is -0.704. The van der Waals surface area contributed by atoms with Gasteiger partial charge in [0.05, 0.1) is 12.3 Å². The third kappa shape index (κ3) is 4.68. The SMILES string of the molecule is COCCOc1ccccc1NC(=O)C(=O)N(C)Cc1csc2ccccc12. The maximum absolute atomic E-state index is 12.5. The fraction of sp³-hybridized carbons (Fsp3) is 0.238. The summed E-state index contributed by atoms with van der Waals surface area (Å²) < 4.78 is 11.7. The molecule has 7 heteroatoms. The highest BCUT2D eigenvalue weighted by atomic mass is 32.1. The number of ether oxygens (including phenoxy) is 2. The molecule has 6 nitrogen and oxygen atoms in total. The monoisotopic (exact) mass is 398 g/mol. The van der Waals surface area contributed by atoms with Crippen molar-refractivity contribution in [1.82, 2.24) is 4.90 Å². The molecule has 0 radical (unpaired) electrons. The molecule has 0 unspecified atom stereocenters. The van der Waals surface area contributed by atoms with E-state index in [1.54, 1.807) is 49.8 Å². The molecule has 146 valence electrons. The summed E-state index contributed by atoms with van der Waals surface area (Å²) in [4.78, 5) is 26.4. The first kappa shape index (κ1) is 19.9. The van der Waals surface area contributed by atoms with Gasteiger partial charge in [-0.1, -0.05) is 30.3 Å². The molecule has 0 aliphatic rings. The van der Waals surface area contributed by atoms with Gasteiger partial charge in [0.1, 0.15) is 12.4 Å². The number of nitrogens with one attached hydrogen (secondary N) is 1. The number of hydrogen-bond donors (Lipinski definition) is 1. The highest BCUT2D eigenvalue weighted by molar-refractivity contribution is 7.17. The van der Waals surface area contributed by atoms with Gasteiger partial charge in [-0.3, -0.25) is 9.59 Å². The zero-order valence-electron chi connectivity index (χ0n) is 15.8. The second-order valence-electron chi connectivity index (χ2n) is 6.21. The van der Waals surface area contributed by atoms with Crippen LogP contribution >= 0.6 is 11.3 Å². The molecule has 2 aromatic carbocycles. The van der Waals surface area contributed by atoms with Gasteiger partial charge >= 0.3 is 11.8 Å². The van der Waals surface area contributed by atoms with Crippen LogP contribution in [0.25, 0.3) is 10.1 Å². The number of carbonyl (C=O) groups excluding carboxylic acids is 2. The van der Waals surface area contributed by atoms with Gasteiger partial charge < -0.3 is 19.7 Å². The minimum absolute atomic E-state index is 0.350. The van der Waals surface area contributed by atoms with Crippen LogP contribution in [0.5, 0.6) is 5.75 Å². The second kappa shape index (κ2) is 9.34. The Hall–Kier alpha value is -2.90. The normalized spacial score (nSPS) is 10.6. The molecule has 2 amide bonds. The van der Waals surface area contributed by atoms with Crippen molar-refractivity contribution in [3.05, 3.63) is 59.5 Å². The number of carbonyl (C=O) groups is 2. The third-order valence-electron chi connectivity index (χ3n) is 4.19. The number of para-hydroxylation sites is 2. The Balaban J connectivity index is 1.65. The highest BCUT2D eigenvalue weighted by Gasteiger charge is 2.21. The Morgan fingerprint density at radius 1 is 1.07 bits per heavy atom. The van der Waals surface area contributed by atoms with Crippen LogP contribution in [0.3, 0.4) is 0 Å². The third-order valence-corrected chi connectivity index (χ3v) is 5.20. The van der Waals surface area contributed by atoms with E-state index in [1.165, 1.54) is 4.90 Å². The Kier molecular flexibility index (Phi) is 6.62. The molecule has 0 fully saturated rings. The lowest BCUT2D eigenvalue weighted by Crippen LogP contribution is -2.36. The summed E-state index contributed by atoms with van der Waals surface area (Å²) in [5, 5.41) is 5.76. The number of hydrogen-bond acceptors (Lipinski definition) is 5. The number of thiophene rings is 1. The van der Waals surface area contributed by atoms with Gasteiger partial charge in [-0.15, -0.1) is 11.3 Å². The minimum Gasteiger partial charge on any atom is -0.489 e. The molecular formula is C21H22N2O4S. The van der Waals surface area contributed by atoms with Crippen molar-refractivity contribution in [3.63, 3.8) is 0 Å². The molecule has 0 spiro atoms. The Labute approximate surface area is 167 Å². The summed E-state index contributed by atoms with van der Waals surface area (Å²) in [5.41, 5.74) is 1.47. The van der Waals surface area contributed by atoms with Gasteiger partial charge in [-0.2, -0.15) is 0 Å². The van der Waals surface area contributed by atoms with Crippen molar-refractivity contribution in [2.75, 3.05) is 32.7 Å². The summed E-state index contributed by atoms with van der Waals surface area (Å²) >= 11 is 1.62. The van der Waals surface area contributed by atoms with Crippen LogP contribution in [0.2, 0.25) is 0 Å². The number of methoxy groups -OCH3 is 1. The number of amides is 2. The molecule has 0 aliphatic carbocycles. The molecule has 3 rings (SSSR count). The fourth-order valence-corrected chi connectivity index (χ4v) is 3.72. The largest absolute Gasteiger partial charge is 0.489 e. The number of nitrogens with zero attached hydrogens (tertiary/aromatic N) is 1. The Morgan fingerprint density at radius 2 is 1.82 bits per heavy atom. The zero-order chi connectivity index (χ0) is 19.9. The first-order valence-electron chi connectivity index (χ1n) is 8.82. The number of benzene rings is 2. The Morgan fingerprint density at radius 3 is 2.64 bits per heavy atom. The van der Waals surface area contributed by atoms with Crippen LogP contribution in [0.4, 0.5) is 5.69 Å². The molecule has 0 saturated carbocycles. The summed E-state index contributed by atoms with van der Waals surface area (Å²) in [6.45, 7) is 1.14. The lowest BCUT2D eigenvalue weighted by atomic mass is 10.1. The smallest absolute Gasteiger partial charge is 0.314 e. The lowest BCUT2D eigenvalue weighted by Gasteiger charge is -2.17. The van der Waals surface area contributed by atoms with E-state index in [2.05, 4.69) is 5.32 Å². The van der Waals surface area contributed by atoms with Crippen LogP contribution < -0.4 is 10.1 Å². The van der Waals surface area contributed by atoms with E-state index in [4.69, 9.17) is 9.47 Å². The van der Waals surface area contributed by atoms with Crippen molar-refractivity contribution in [1.29, 1.82) is 0 Å². The van der Waals surface area contributed by atoms with Crippen LogP contribution in [-0.2, 0) is 20.9 Å². The Bertz CT molecular complexity index is 970. The average Bonchev–Trinajstić information content (AvgIpc) is 3.11. The maximum Gasteiger partial charge on any atom is 0.314 e. The number of fused-ring (bicyclic) bond motifs is 1. The van der Waals surface area contributed by atoms with Crippen LogP contribution in [0.15, 0.2) is 53.9 Å². The number of likely N-dealkylation sites (N-methyl/N-ethyl adjacent to an activating group) is 1. The van der Waals surface area contributed by atoms with Gasteiger partial charge in [0.25, 0.3) is 0 Å². The van der Waals surface area contributed by atoms with E-state index in [0.717, 1.165) is 15.6 Å². The molecule has 0 bridgehead atoms. The molecule has 3 aromatic rings. The van der Waals surface area contributed by atoms with E-state index in [9.17, 15) is 9.59 Å². The molecule has 0 saturated heterocycles. The average molecular weight is 398 g/mol. The summed E-state index contributed by atoms with van der Waals surface area (Å²) in [7, 11) is 3.21. The van der Waals surface area contributed by atoms with Gasteiger partial charge in [-0.25, -0.2) is 0 Å². The quantitative estimate of drug-likeness (QED) is 0.488. The second-order valence-corrected chi connectivity index (χ2v) is 7.12. The molecule has 28 heavy (non-hydrogen) atoms. The van der Waals surface area contributed by atoms with Gasteiger partial charge in [-0.05, 0) is 34.5 Å².